The Balaban J connectivity index is 1.98. The van der Waals surface area contributed by atoms with Gasteiger partial charge in [-0.05, 0) is 37.0 Å². The molecule has 0 aliphatic heterocycles. The average molecular weight is 324 g/mol. The van der Waals surface area contributed by atoms with Crippen molar-refractivity contribution in [1.29, 1.82) is 0 Å². The number of nitrogens with zero attached hydrogens (tertiary/aromatic N) is 3. The van der Waals surface area contributed by atoms with Gasteiger partial charge in [0.25, 0.3) is 0 Å². The molecule has 4 nitrogen and oxygen atoms in total. The van der Waals surface area contributed by atoms with Crippen LogP contribution < -0.4 is 0 Å². The number of H-pyrrole nitrogens is 1. The zero-order valence-electron chi connectivity index (χ0n) is 11.7. The van der Waals surface area contributed by atoms with Crippen molar-refractivity contribution < 1.29 is 0 Å². The Hall–Kier alpha value is -2.05. The highest BCUT2D eigenvalue weighted by molar-refractivity contribution is 7.71. The Morgan fingerprint density at radius 3 is 2.91 bits per heavy atom. The van der Waals surface area contributed by atoms with Crippen LogP contribution in [0.15, 0.2) is 30.3 Å². The minimum atomic E-state index is 0.598. The molecule has 0 amide bonds. The van der Waals surface area contributed by atoms with Crippen LogP contribution in [0.3, 0.4) is 0 Å². The molecule has 1 N–H and O–H groups in total. The number of hydrogen-bond donors (Lipinski definition) is 1. The van der Waals surface area contributed by atoms with Gasteiger partial charge < -0.3 is 0 Å². The summed E-state index contributed by atoms with van der Waals surface area (Å²) in [4.78, 5) is 7.46. The van der Waals surface area contributed by atoms with Gasteiger partial charge in [-0.1, -0.05) is 30.3 Å². The number of aromatic amines is 1. The van der Waals surface area contributed by atoms with Crippen LogP contribution in [0.1, 0.15) is 16.9 Å². The Morgan fingerprint density at radius 2 is 2.05 bits per heavy atom. The van der Waals surface area contributed by atoms with E-state index in [0.717, 1.165) is 34.7 Å². The Kier molecular flexibility index (Phi) is 2.54. The Bertz CT molecular complexity index is 1070. The maximum Gasteiger partial charge on any atom is 0.201 e. The van der Waals surface area contributed by atoms with Crippen molar-refractivity contribution in [2.24, 2.45) is 0 Å². The third-order valence-corrected chi connectivity index (χ3v) is 5.71. The molecule has 1 aromatic carbocycles. The number of hydrogen-bond acceptors (Lipinski definition) is 4. The second-order valence-electron chi connectivity index (χ2n) is 5.53. The summed E-state index contributed by atoms with van der Waals surface area (Å²) in [5.41, 5.74) is 3.39. The molecule has 0 saturated heterocycles. The number of aryl methyl sites for hydroxylation is 2. The van der Waals surface area contributed by atoms with Crippen LogP contribution >= 0.6 is 23.6 Å². The summed E-state index contributed by atoms with van der Waals surface area (Å²) in [5.74, 6) is 0.863. The Labute approximate surface area is 135 Å². The monoisotopic (exact) mass is 324 g/mol. The van der Waals surface area contributed by atoms with E-state index in [4.69, 9.17) is 17.2 Å². The molecular weight excluding hydrogens is 312 g/mol. The fraction of sp³-hybridized carbons (Fsp3) is 0.188. The molecule has 3 heterocycles. The van der Waals surface area contributed by atoms with Gasteiger partial charge in [-0.15, -0.1) is 11.3 Å². The van der Waals surface area contributed by atoms with Crippen molar-refractivity contribution in [3.05, 3.63) is 45.5 Å². The molecule has 0 atom stereocenters. The predicted octanol–water partition coefficient (Wildman–Crippen LogP) is 4.16. The van der Waals surface area contributed by atoms with Crippen molar-refractivity contribution in [2.75, 3.05) is 0 Å². The van der Waals surface area contributed by atoms with E-state index >= 15 is 0 Å². The summed E-state index contributed by atoms with van der Waals surface area (Å²) in [6, 6.07) is 10.2. The molecule has 0 radical (unpaired) electrons. The topological polar surface area (TPSA) is 46.0 Å². The van der Waals surface area contributed by atoms with Crippen molar-refractivity contribution in [3.8, 4) is 11.4 Å². The van der Waals surface area contributed by atoms with Gasteiger partial charge in [0.15, 0.2) is 5.65 Å². The van der Waals surface area contributed by atoms with E-state index in [9.17, 15) is 0 Å². The minimum absolute atomic E-state index is 0.598. The first-order valence-corrected chi connectivity index (χ1v) is 8.52. The largest absolute Gasteiger partial charge is 0.251 e. The highest BCUT2D eigenvalue weighted by atomic mass is 32.1. The average Bonchev–Trinajstić information content (AvgIpc) is 3.21. The molecule has 0 bridgehead atoms. The zero-order chi connectivity index (χ0) is 14.7. The first-order valence-electron chi connectivity index (χ1n) is 7.30. The zero-order valence-corrected chi connectivity index (χ0v) is 13.3. The summed E-state index contributed by atoms with van der Waals surface area (Å²) in [6.45, 7) is 0. The lowest BCUT2D eigenvalue weighted by Crippen LogP contribution is -1.97. The standard InChI is InChI=1S/C16H12N4S2/c21-16-19-18-14-12-10-7-4-8-11(10)22-15(12)17-13(20(14)16)9-5-2-1-3-6-9/h1-3,5-6H,4,7-8H2,(H,19,21). The van der Waals surface area contributed by atoms with Gasteiger partial charge in [0.2, 0.25) is 4.77 Å². The van der Waals surface area contributed by atoms with E-state index in [1.54, 1.807) is 11.3 Å². The van der Waals surface area contributed by atoms with Crippen molar-refractivity contribution in [2.45, 2.75) is 19.3 Å². The lowest BCUT2D eigenvalue weighted by atomic mass is 10.1. The van der Waals surface area contributed by atoms with Crippen LogP contribution in [0.2, 0.25) is 0 Å². The smallest absolute Gasteiger partial charge is 0.201 e. The van der Waals surface area contributed by atoms with Crippen LogP contribution in [-0.4, -0.2) is 19.6 Å². The van der Waals surface area contributed by atoms with Gasteiger partial charge >= 0.3 is 0 Å². The van der Waals surface area contributed by atoms with E-state index in [1.807, 2.05) is 22.6 Å². The second-order valence-corrected chi connectivity index (χ2v) is 7.00. The molecule has 5 rings (SSSR count). The second kappa shape index (κ2) is 4.47. The van der Waals surface area contributed by atoms with E-state index in [2.05, 4.69) is 22.3 Å². The molecule has 1 aliphatic carbocycles. The molecule has 0 unspecified atom stereocenters. The first kappa shape index (κ1) is 12.5. The normalized spacial score (nSPS) is 14.0. The molecular formula is C16H12N4S2. The molecule has 4 aromatic rings. The number of benzene rings is 1. The molecule has 1 aliphatic rings. The molecule has 3 aromatic heterocycles. The maximum absolute atomic E-state index is 5.45. The quantitative estimate of drug-likeness (QED) is 0.535. The van der Waals surface area contributed by atoms with Crippen molar-refractivity contribution in [3.63, 3.8) is 0 Å². The SMILES string of the molecule is S=c1[nH]nc2c3c4c(sc3nc(-c3ccccc3)n12)CCC4. The molecule has 108 valence electrons. The summed E-state index contributed by atoms with van der Waals surface area (Å²) in [7, 11) is 0. The third-order valence-electron chi connectivity index (χ3n) is 4.25. The molecule has 0 fully saturated rings. The predicted molar refractivity (Wildman–Crippen MR) is 91.0 cm³/mol. The van der Waals surface area contributed by atoms with Gasteiger partial charge in [0.1, 0.15) is 10.7 Å². The van der Waals surface area contributed by atoms with Crippen LogP contribution in [0, 0.1) is 4.77 Å². The number of nitrogens with one attached hydrogen (secondary N) is 1. The number of fused-ring (bicyclic) bond motifs is 5. The molecule has 22 heavy (non-hydrogen) atoms. The van der Waals surface area contributed by atoms with Crippen LogP contribution in [0.4, 0.5) is 0 Å². The fourth-order valence-corrected chi connectivity index (χ4v) is 4.76. The fourth-order valence-electron chi connectivity index (χ4n) is 3.29. The maximum atomic E-state index is 5.45. The summed E-state index contributed by atoms with van der Waals surface area (Å²) in [6.07, 6.45) is 3.51. The van der Waals surface area contributed by atoms with Gasteiger partial charge in [-0.25, -0.2) is 4.98 Å². The third kappa shape index (κ3) is 1.59. The van der Waals surface area contributed by atoms with Crippen molar-refractivity contribution in [1.82, 2.24) is 19.6 Å². The number of thiophene rings is 1. The summed E-state index contributed by atoms with van der Waals surface area (Å²) in [5, 5.41) is 8.62. The number of rotatable bonds is 1. The molecule has 0 spiro atoms. The molecule has 0 saturated carbocycles. The lowest BCUT2D eigenvalue weighted by Gasteiger charge is -2.05. The number of aromatic nitrogens is 4. The summed E-state index contributed by atoms with van der Waals surface area (Å²) >= 11 is 7.25. The van der Waals surface area contributed by atoms with Crippen LogP contribution in [0.25, 0.3) is 27.3 Å². The van der Waals surface area contributed by atoms with Crippen LogP contribution in [0.5, 0.6) is 0 Å². The highest BCUT2D eigenvalue weighted by Crippen LogP contribution is 2.39. The van der Waals surface area contributed by atoms with Gasteiger partial charge in [-0.2, -0.15) is 5.10 Å². The van der Waals surface area contributed by atoms with E-state index in [-0.39, 0.29) is 0 Å². The Morgan fingerprint density at radius 1 is 1.18 bits per heavy atom. The van der Waals surface area contributed by atoms with Gasteiger partial charge in [0.05, 0.1) is 5.39 Å². The highest BCUT2D eigenvalue weighted by Gasteiger charge is 2.23. The first-order chi connectivity index (χ1) is 10.8. The van der Waals surface area contributed by atoms with E-state index < -0.39 is 0 Å². The van der Waals surface area contributed by atoms with Crippen molar-refractivity contribution >= 4 is 39.4 Å². The van der Waals surface area contributed by atoms with Gasteiger partial charge in [0, 0.05) is 10.4 Å². The lowest BCUT2D eigenvalue weighted by molar-refractivity contribution is 0.917. The molecule has 6 heteroatoms. The van der Waals surface area contributed by atoms with E-state index in [1.165, 1.54) is 22.2 Å². The minimum Gasteiger partial charge on any atom is -0.251 e. The van der Waals surface area contributed by atoms with Gasteiger partial charge in [-0.3, -0.25) is 9.50 Å². The summed E-state index contributed by atoms with van der Waals surface area (Å²) < 4.78 is 2.57. The van der Waals surface area contributed by atoms with E-state index in [0.29, 0.717) is 4.77 Å². The van der Waals surface area contributed by atoms with Crippen LogP contribution in [-0.2, 0) is 12.8 Å².